The van der Waals surface area contributed by atoms with Gasteiger partial charge in [-0.1, -0.05) is 12.1 Å². The summed E-state index contributed by atoms with van der Waals surface area (Å²) in [4.78, 5) is 10.3. The van der Waals surface area contributed by atoms with E-state index in [2.05, 4.69) is 14.8 Å². The molecule has 5 nitrogen and oxygen atoms in total. The van der Waals surface area contributed by atoms with Crippen molar-refractivity contribution in [1.29, 1.82) is 0 Å². The molecule has 0 heterocycles. The zero-order chi connectivity index (χ0) is 14.3. The maximum atomic E-state index is 12.1. The molecule has 1 aromatic rings. The minimum Gasteiger partial charge on any atom is -0.448 e. The molecule has 1 aromatic carbocycles. The SMILES string of the molecule is CC(NCCOC(N)=O)c1cccc(OC(F)F)c1. The van der Waals surface area contributed by atoms with E-state index in [-0.39, 0.29) is 18.4 Å². The van der Waals surface area contributed by atoms with Crippen LogP contribution in [0.1, 0.15) is 18.5 Å². The second-order valence-electron chi connectivity index (χ2n) is 3.79. The first-order valence-electron chi connectivity index (χ1n) is 5.69. The third-order valence-electron chi connectivity index (χ3n) is 2.38. The summed E-state index contributed by atoms with van der Waals surface area (Å²) in [5, 5.41) is 3.06. The first-order valence-corrected chi connectivity index (χ1v) is 5.69. The molecule has 0 bridgehead atoms. The lowest BCUT2D eigenvalue weighted by Crippen LogP contribution is -2.25. The third kappa shape index (κ3) is 6.01. The van der Waals surface area contributed by atoms with E-state index in [1.807, 2.05) is 6.92 Å². The van der Waals surface area contributed by atoms with Gasteiger partial charge in [-0.25, -0.2) is 4.79 Å². The van der Waals surface area contributed by atoms with Gasteiger partial charge in [0.15, 0.2) is 0 Å². The highest BCUT2D eigenvalue weighted by Crippen LogP contribution is 2.20. The molecule has 1 amide bonds. The van der Waals surface area contributed by atoms with Crippen LogP contribution in [0, 0.1) is 0 Å². The van der Waals surface area contributed by atoms with Crippen LogP contribution in [0.5, 0.6) is 5.75 Å². The van der Waals surface area contributed by atoms with Gasteiger partial charge in [-0.15, -0.1) is 0 Å². The fourth-order valence-electron chi connectivity index (χ4n) is 1.50. The first-order chi connectivity index (χ1) is 8.99. The van der Waals surface area contributed by atoms with E-state index in [0.717, 1.165) is 5.56 Å². The Kier molecular flexibility index (Phi) is 6.01. The van der Waals surface area contributed by atoms with Crippen LogP contribution in [-0.4, -0.2) is 25.9 Å². The average molecular weight is 274 g/mol. The fraction of sp³-hybridized carbons (Fsp3) is 0.417. The smallest absolute Gasteiger partial charge is 0.404 e. The molecule has 0 radical (unpaired) electrons. The maximum Gasteiger partial charge on any atom is 0.404 e. The number of benzene rings is 1. The van der Waals surface area contributed by atoms with Crippen LogP contribution < -0.4 is 15.8 Å². The van der Waals surface area contributed by atoms with E-state index in [1.54, 1.807) is 12.1 Å². The van der Waals surface area contributed by atoms with Gasteiger partial charge in [0.2, 0.25) is 0 Å². The van der Waals surface area contributed by atoms with Gasteiger partial charge in [-0.3, -0.25) is 0 Å². The van der Waals surface area contributed by atoms with Gasteiger partial charge in [0.25, 0.3) is 0 Å². The van der Waals surface area contributed by atoms with Crippen molar-refractivity contribution < 1.29 is 23.0 Å². The van der Waals surface area contributed by atoms with Crippen LogP contribution in [0.2, 0.25) is 0 Å². The molecule has 0 aromatic heterocycles. The van der Waals surface area contributed by atoms with Crippen LogP contribution >= 0.6 is 0 Å². The average Bonchev–Trinajstić information content (AvgIpc) is 2.33. The maximum absolute atomic E-state index is 12.1. The van der Waals surface area contributed by atoms with Crippen LogP contribution in [0.25, 0.3) is 0 Å². The standard InChI is InChI=1S/C12H16F2N2O3/c1-8(16-5-6-18-12(15)17)9-3-2-4-10(7-9)19-11(13)14/h2-4,7-8,11,16H,5-6H2,1H3,(H2,15,17). The number of amides is 1. The van der Waals surface area contributed by atoms with Crippen molar-refractivity contribution in [3.63, 3.8) is 0 Å². The monoisotopic (exact) mass is 274 g/mol. The number of nitrogens with one attached hydrogen (secondary N) is 1. The number of hydrogen-bond acceptors (Lipinski definition) is 4. The summed E-state index contributed by atoms with van der Waals surface area (Å²) >= 11 is 0. The van der Waals surface area contributed by atoms with Gasteiger partial charge in [-0.2, -0.15) is 8.78 Å². The van der Waals surface area contributed by atoms with Gasteiger partial charge in [0.1, 0.15) is 12.4 Å². The molecular weight excluding hydrogens is 258 g/mol. The van der Waals surface area contributed by atoms with Gasteiger partial charge >= 0.3 is 12.7 Å². The number of alkyl halides is 2. The zero-order valence-corrected chi connectivity index (χ0v) is 10.4. The van der Waals surface area contributed by atoms with E-state index in [0.29, 0.717) is 6.54 Å². The van der Waals surface area contributed by atoms with Gasteiger partial charge in [-0.05, 0) is 24.6 Å². The molecule has 0 saturated heterocycles. The molecule has 0 aliphatic rings. The molecule has 1 unspecified atom stereocenters. The number of ether oxygens (including phenoxy) is 2. The lowest BCUT2D eigenvalue weighted by molar-refractivity contribution is -0.0499. The van der Waals surface area contributed by atoms with Crippen molar-refractivity contribution in [1.82, 2.24) is 5.32 Å². The molecule has 0 aliphatic carbocycles. The Balaban J connectivity index is 2.47. The molecule has 1 rings (SSSR count). The summed E-state index contributed by atoms with van der Waals surface area (Å²) in [5.74, 6) is 0.106. The molecule has 106 valence electrons. The fourth-order valence-corrected chi connectivity index (χ4v) is 1.50. The Morgan fingerprint density at radius 3 is 2.84 bits per heavy atom. The van der Waals surface area contributed by atoms with Crippen molar-refractivity contribution in [2.45, 2.75) is 19.6 Å². The van der Waals surface area contributed by atoms with Crippen molar-refractivity contribution in [3.05, 3.63) is 29.8 Å². The van der Waals surface area contributed by atoms with Gasteiger partial charge < -0.3 is 20.5 Å². The Hall–Kier alpha value is -1.89. The highest BCUT2D eigenvalue weighted by Gasteiger charge is 2.08. The molecule has 1 atom stereocenters. The van der Waals surface area contributed by atoms with Crippen molar-refractivity contribution in [2.24, 2.45) is 5.73 Å². The van der Waals surface area contributed by atoms with Crippen LogP contribution in [0.15, 0.2) is 24.3 Å². The van der Waals surface area contributed by atoms with E-state index in [1.165, 1.54) is 12.1 Å². The van der Waals surface area contributed by atoms with E-state index in [4.69, 9.17) is 5.73 Å². The van der Waals surface area contributed by atoms with Crippen molar-refractivity contribution in [2.75, 3.05) is 13.2 Å². The number of nitrogens with two attached hydrogens (primary N) is 1. The highest BCUT2D eigenvalue weighted by molar-refractivity contribution is 5.64. The topological polar surface area (TPSA) is 73.6 Å². The van der Waals surface area contributed by atoms with Crippen molar-refractivity contribution >= 4 is 6.09 Å². The molecule has 0 aliphatic heterocycles. The molecule has 3 N–H and O–H groups in total. The minimum absolute atomic E-state index is 0.0994. The second-order valence-corrected chi connectivity index (χ2v) is 3.79. The number of primary amides is 1. The molecule has 19 heavy (non-hydrogen) atoms. The number of rotatable bonds is 7. The number of carbonyl (C=O) groups is 1. The first kappa shape index (κ1) is 15.2. The third-order valence-corrected chi connectivity index (χ3v) is 2.38. The summed E-state index contributed by atoms with van der Waals surface area (Å²) in [6, 6.07) is 6.30. The summed E-state index contributed by atoms with van der Waals surface area (Å²) in [6.45, 7) is -0.439. The van der Waals surface area contributed by atoms with Crippen LogP contribution in [0.3, 0.4) is 0 Å². The number of halogens is 2. The Morgan fingerprint density at radius 1 is 1.47 bits per heavy atom. The zero-order valence-electron chi connectivity index (χ0n) is 10.4. The molecule has 7 heteroatoms. The Labute approximate surface area is 109 Å². The Bertz CT molecular complexity index is 416. The summed E-state index contributed by atoms with van der Waals surface area (Å²) in [6.07, 6.45) is -0.832. The summed E-state index contributed by atoms with van der Waals surface area (Å²) in [7, 11) is 0. The molecular formula is C12H16F2N2O3. The second kappa shape index (κ2) is 7.52. The van der Waals surface area contributed by atoms with Gasteiger partial charge in [0, 0.05) is 12.6 Å². The molecule has 0 fully saturated rings. The lowest BCUT2D eigenvalue weighted by Gasteiger charge is -2.15. The summed E-state index contributed by atoms with van der Waals surface area (Å²) in [5.41, 5.74) is 5.60. The highest BCUT2D eigenvalue weighted by atomic mass is 19.3. The van der Waals surface area contributed by atoms with Crippen LogP contribution in [0.4, 0.5) is 13.6 Å². The lowest BCUT2D eigenvalue weighted by atomic mass is 10.1. The van der Waals surface area contributed by atoms with E-state index in [9.17, 15) is 13.6 Å². The minimum atomic E-state index is -2.84. The number of hydrogen-bond donors (Lipinski definition) is 2. The van der Waals surface area contributed by atoms with Gasteiger partial charge in [0.05, 0.1) is 0 Å². The summed E-state index contributed by atoms with van der Waals surface area (Å²) < 4.78 is 33.0. The van der Waals surface area contributed by atoms with Crippen LogP contribution in [-0.2, 0) is 4.74 Å². The normalized spacial score (nSPS) is 12.2. The van der Waals surface area contributed by atoms with E-state index < -0.39 is 12.7 Å². The Morgan fingerprint density at radius 2 is 2.21 bits per heavy atom. The largest absolute Gasteiger partial charge is 0.448 e. The quantitative estimate of drug-likeness (QED) is 0.746. The predicted molar refractivity (Wildman–Crippen MR) is 65.0 cm³/mol. The number of carbonyl (C=O) groups excluding carboxylic acids is 1. The molecule has 0 saturated carbocycles. The molecule has 0 spiro atoms. The predicted octanol–water partition coefficient (Wildman–Crippen LogP) is 2.03. The van der Waals surface area contributed by atoms with Crippen molar-refractivity contribution in [3.8, 4) is 5.75 Å². The van der Waals surface area contributed by atoms with E-state index >= 15 is 0 Å².